The Morgan fingerprint density at radius 3 is 2.12 bits per heavy atom. The van der Waals surface area contributed by atoms with E-state index in [0.717, 1.165) is 63.0 Å². The van der Waals surface area contributed by atoms with Crippen LogP contribution in [0.1, 0.15) is 42.4 Å². The highest BCUT2D eigenvalue weighted by atomic mass is 19.4. The van der Waals surface area contributed by atoms with E-state index in [2.05, 4.69) is 15.1 Å². The van der Waals surface area contributed by atoms with Crippen molar-refractivity contribution >= 4 is 11.4 Å². The minimum Gasteiger partial charge on any atom is -0.382 e. The Labute approximate surface area is 229 Å². The third-order valence-electron chi connectivity index (χ3n) is 7.64. The summed E-state index contributed by atoms with van der Waals surface area (Å²) in [5.41, 5.74) is -0.907. The summed E-state index contributed by atoms with van der Waals surface area (Å²) in [4.78, 5) is 6.35. The van der Waals surface area contributed by atoms with Gasteiger partial charge in [0.15, 0.2) is 0 Å². The van der Waals surface area contributed by atoms with Gasteiger partial charge in [0.2, 0.25) is 0 Å². The Kier molecular flexibility index (Phi) is 9.48. The van der Waals surface area contributed by atoms with E-state index in [-0.39, 0.29) is 6.04 Å². The van der Waals surface area contributed by atoms with Crippen molar-refractivity contribution in [1.29, 1.82) is 5.26 Å². The van der Waals surface area contributed by atoms with Crippen LogP contribution in [0.15, 0.2) is 42.5 Å². The van der Waals surface area contributed by atoms with Gasteiger partial charge in [-0.05, 0) is 74.7 Å². The maximum Gasteiger partial charge on any atom is 0.417 e. The van der Waals surface area contributed by atoms with Gasteiger partial charge in [-0.2, -0.15) is 31.6 Å². The molecule has 2 aromatic rings. The van der Waals surface area contributed by atoms with Crippen LogP contribution >= 0.6 is 0 Å². The molecule has 1 unspecified atom stereocenters. The van der Waals surface area contributed by atoms with E-state index < -0.39 is 35.3 Å². The smallest absolute Gasteiger partial charge is 0.382 e. The van der Waals surface area contributed by atoms with Crippen molar-refractivity contribution < 1.29 is 31.4 Å². The predicted molar refractivity (Wildman–Crippen MR) is 140 cm³/mol. The zero-order valence-corrected chi connectivity index (χ0v) is 22.0. The zero-order valence-electron chi connectivity index (χ0n) is 22.0. The largest absolute Gasteiger partial charge is 0.417 e. The fraction of sp³-hybridized carbons (Fsp3) is 0.536. The number of hydrogen-bond donors (Lipinski definition) is 2. The van der Waals surface area contributed by atoms with Crippen LogP contribution in [-0.4, -0.2) is 73.0 Å². The molecular weight excluding hydrogens is 536 g/mol. The maximum absolute atomic E-state index is 13.2. The van der Waals surface area contributed by atoms with Crippen LogP contribution in [0, 0.1) is 11.3 Å². The number of likely N-dealkylation sites (tertiary alicyclic amines) is 1. The number of nitrogens with one attached hydrogen (secondary N) is 1. The molecule has 6 nitrogen and oxygen atoms in total. The van der Waals surface area contributed by atoms with Gasteiger partial charge >= 0.3 is 12.4 Å². The number of anilines is 2. The third-order valence-corrected chi connectivity index (χ3v) is 7.64. The molecule has 0 aromatic heterocycles. The molecule has 12 heteroatoms. The number of aliphatic hydroxyl groups is 1. The van der Waals surface area contributed by atoms with Gasteiger partial charge in [-0.15, -0.1) is 0 Å². The zero-order chi connectivity index (χ0) is 28.9. The van der Waals surface area contributed by atoms with E-state index in [1.165, 1.54) is 24.3 Å². The molecular formula is C28H33F6N5O. The molecule has 0 bridgehead atoms. The van der Waals surface area contributed by atoms with Gasteiger partial charge < -0.3 is 15.3 Å². The number of piperidine rings is 1. The number of piperazine rings is 1. The number of benzene rings is 2. The van der Waals surface area contributed by atoms with Crippen molar-refractivity contribution in [2.75, 3.05) is 56.0 Å². The second-order valence-electron chi connectivity index (χ2n) is 10.3. The van der Waals surface area contributed by atoms with Crippen LogP contribution in [0.5, 0.6) is 0 Å². The fourth-order valence-corrected chi connectivity index (χ4v) is 5.31. The number of hydrogen-bond acceptors (Lipinski definition) is 6. The molecule has 2 aliphatic heterocycles. The van der Waals surface area contributed by atoms with Crippen molar-refractivity contribution in [1.82, 2.24) is 9.80 Å². The summed E-state index contributed by atoms with van der Waals surface area (Å²) in [6.45, 7) is 5.08. The van der Waals surface area contributed by atoms with Crippen molar-refractivity contribution in [2.24, 2.45) is 0 Å². The first-order valence-corrected chi connectivity index (χ1v) is 13.4. The Balaban J connectivity index is 1.15. The Hall–Kier alpha value is -3.01. The molecule has 1 atom stereocenters. The van der Waals surface area contributed by atoms with Crippen molar-refractivity contribution in [3.63, 3.8) is 0 Å². The Morgan fingerprint density at radius 2 is 1.55 bits per heavy atom. The molecule has 0 aliphatic carbocycles. The van der Waals surface area contributed by atoms with E-state index in [0.29, 0.717) is 38.0 Å². The van der Waals surface area contributed by atoms with Gasteiger partial charge in [0.05, 0.1) is 22.8 Å². The SMILES string of the molecule is N#Cc1ccc(NC2CCN(C(O)CCCN3CCN(c4ccc(C(F)(F)F)cc4)CC3)CC2)cc1C(F)(F)F. The number of alkyl halides is 6. The lowest BCUT2D eigenvalue weighted by Gasteiger charge is -2.37. The highest BCUT2D eigenvalue weighted by molar-refractivity contribution is 5.53. The number of nitrogens with zero attached hydrogens (tertiary/aromatic N) is 4. The fourth-order valence-electron chi connectivity index (χ4n) is 5.31. The van der Waals surface area contributed by atoms with Gasteiger partial charge in [0.25, 0.3) is 0 Å². The molecule has 2 fully saturated rings. The van der Waals surface area contributed by atoms with Gasteiger partial charge in [-0.25, -0.2) is 0 Å². The van der Waals surface area contributed by atoms with E-state index in [1.807, 2.05) is 4.90 Å². The van der Waals surface area contributed by atoms with Crippen molar-refractivity contribution in [3.05, 3.63) is 59.2 Å². The summed E-state index contributed by atoms with van der Waals surface area (Å²) in [7, 11) is 0. The predicted octanol–water partition coefficient (Wildman–Crippen LogP) is 5.39. The van der Waals surface area contributed by atoms with Gasteiger partial charge in [-0.1, -0.05) is 0 Å². The molecule has 0 spiro atoms. The molecule has 2 saturated heterocycles. The quantitative estimate of drug-likeness (QED) is 0.416. The first-order chi connectivity index (χ1) is 18.9. The molecule has 0 amide bonds. The van der Waals surface area contributed by atoms with Crippen molar-refractivity contribution in [2.45, 2.75) is 50.3 Å². The standard InChI is InChI=1S/C28H33F6N5O/c29-27(30,31)21-4-7-24(8-5-21)38-16-14-37(15-17-38)11-1-2-26(40)39-12-9-22(10-13-39)36-23-6-3-20(19-35)25(18-23)28(32,33)34/h3-8,18,22,26,36,40H,1-2,9-17H2. The monoisotopic (exact) mass is 569 g/mol. The summed E-state index contributed by atoms with van der Waals surface area (Å²) in [5, 5.41) is 22.8. The van der Waals surface area contributed by atoms with Crippen LogP contribution in [0.2, 0.25) is 0 Å². The highest BCUT2D eigenvalue weighted by Crippen LogP contribution is 2.34. The number of aliphatic hydroxyl groups excluding tert-OH is 1. The van der Waals surface area contributed by atoms with Crippen LogP contribution in [0.3, 0.4) is 0 Å². The van der Waals surface area contributed by atoms with E-state index >= 15 is 0 Å². The summed E-state index contributed by atoms with van der Waals surface area (Å²) >= 11 is 0. The summed E-state index contributed by atoms with van der Waals surface area (Å²) in [6.07, 6.45) is -6.80. The lowest BCUT2D eigenvalue weighted by molar-refractivity contribution is -0.138. The normalized spacial score (nSPS) is 18.9. The lowest BCUT2D eigenvalue weighted by atomic mass is 10.0. The van der Waals surface area contributed by atoms with Crippen molar-refractivity contribution in [3.8, 4) is 6.07 Å². The van der Waals surface area contributed by atoms with E-state index in [9.17, 15) is 31.4 Å². The Bertz CT molecular complexity index is 1150. The molecule has 2 N–H and O–H groups in total. The molecule has 2 aromatic carbocycles. The van der Waals surface area contributed by atoms with Crippen LogP contribution in [0.25, 0.3) is 0 Å². The second kappa shape index (κ2) is 12.7. The molecule has 0 radical (unpaired) electrons. The number of halogens is 6. The van der Waals surface area contributed by atoms with Crippen LogP contribution in [-0.2, 0) is 12.4 Å². The van der Waals surface area contributed by atoms with Crippen LogP contribution < -0.4 is 10.2 Å². The minimum absolute atomic E-state index is 0.0292. The first-order valence-electron chi connectivity index (χ1n) is 13.4. The molecule has 2 aliphatic rings. The lowest BCUT2D eigenvalue weighted by Crippen LogP contribution is -2.47. The van der Waals surface area contributed by atoms with E-state index in [4.69, 9.17) is 5.26 Å². The molecule has 218 valence electrons. The van der Waals surface area contributed by atoms with Crippen LogP contribution in [0.4, 0.5) is 37.7 Å². The summed E-state index contributed by atoms with van der Waals surface area (Å²) in [5.74, 6) is 0. The Morgan fingerprint density at radius 1 is 0.900 bits per heavy atom. The first kappa shape index (κ1) is 30.0. The molecule has 40 heavy (non-hydrogen) atoms. The molecule has 2 heterocycles. The average Bonchev–Trinajstić information content (AvgIpc) is 2.93. The summed E-state index contributed by atoms with van der Waals surface area (Å²) < 4.78 is 78.1. The van der Waals surface area contributed by atoms with Gasteiger partial charge in [0.1, 0.15) is 6.23 Å². The molecule has 0 saturated carbocycles. The third kappa shape index (κ3) is 7.80. The highest BCUT2D eigenvalue weighted by Gasteiger charge is 2.34. The van der Waals surface area contributed by atoms with Gasteiger partial charge in [-0.3, -0.25) is 9.80 Å². The molecule has 4 rings (SSSR count). The maximum atomic E-state index is 13.2. The number of nitriles is 1. The van der Waals surface area contributed by atoms with Gasteiger partial charge in [0, 0.05) is 56.7 Å². The van der Waals surface area contributed by atoms with E-state index in [1.54, 1.807) is 6.07 Å². The number of rotatable bonds is 8. The second-order valence-corrected chi connectivity index (χ2v) is 10.3. The topological polar surface area (TPSA) is 65.8 Å². The average molecular weight is 570 g/mol. The summed E-state index contributed by atoms with van der Waals surface area (Å²) in [6, 6.07) is 10.4. The minimum atomic E-state index is -4.60.